The minimum Gasteiger partial charge on any atom is -0.497 e. The Morgan fingerprint density at radius 2 is 1.84 bits per heavy atom. The van der Waals surface area contributed by atoms with E-state index in [1.807, 2.05) is 54.6 Å². The molecule has 1 aliphatic heterocycles. The molecule has 25 heavy (non-hydrogen) atoms. The molecule has 0 bridgehead atoms. The number of para-hydroxylation sites is 1. The van der Waals surface area contributed by atoms with E-state index in [0.717, 1.165) is 17.1 Å². The Morgan fingerprint density at radius 3 is 2.40 bits per heavy atom. The van der Waals surface area contributed by atoms with Crippen molar-refractivity contribution in [2.75, 3.05) is 23.9 Å². The summed E-state index contributed by atoms with van der Waals surface area (Å²) in [5.74, 6) is 0.744. The van der Waals surface area contributed by atoms with Gasteiger partial charge in [0.25, 0.3) is 0 Å². The van der Waals surface area contributed by atoms with Gasteiger partial charge in [-0.05, 0) is 50.2 Å². The third-order valence-electron chi connectivity index (χ3n) is 3.71. The average molecular weight is 355 g/mol. The van der Waals surface area contributed by atoms with Crippen LogP contribution in [0.2, 0.25) is 0 Å². The number of rotatable bonds is 3. The van der Waals surface area contributed by atoms with Crippen LogP contribution in [0, 0.1) is 0 Å². The van der Waals surface area contributed by atoms with Gasteiger partial charge in [0.15, 0.2) is 5.17 Å². The molecule has 5 nitrogen and oxygen atoms in total. The van der Waals surface area contributed by atoms with Gasteiger partial charge in [0, 0.05) is 10.4 Å². The maximum absolute atomic E-state index is 13.0. The van der Waals surface area contributed by atoms with Gasteiger partial charge in [0.1, 0.15) is 5.75 Å². The van der Waals surface area contributed by atoms with Crippen molar-refractivity contribution in [1.29, 1.82) is 0 Å². The van der Waals surface area contributed by atoms with Gasteiger partial charge in [-0.3, -0.25) is 4.99 Å². The fraction of sp³-hybridized carbons (Fsp3) is 0.263. The quantitative estimate of drug-likeness (QED) is 0.874. The zero-order valence-corrected chi connectivity index (χ0v) is 15.3. The monoisotopic (exact) mass is 355 g/mol. The van der Waals surface area contributed by atoms with Crippen molar-refractivity contribution in [3.8, 4) is 5.75 Å². The Morgan fingerprint density at radius 1 is 1.16 bits per heavy atom. The number of amidine groups is 1. The van der Waals surface area contributed by atoms with Crippen LogP contribution in [0.15, 0.2) is 59.6 Å². The smallest absolute Gasteiger partial charge is 0.332 e. The zero-order chi connectivity index (χ0) is 17.9. The molecule has 6 heteroatoms. The second-order valence-corrected chi connectivity index (χ2v) is 7.96. The first-order valence-electron chi connectivity index (χ1n) is 8.02. The van der Waals surface area contributed by atoms with Gasteiger partial charge < -0.3 is 10.1 Å². The minimum atomic E-state index is -0.236. The molecule has 130 valence electrons. The Balaban J connectivity index is 1.89. The van der Waals surface area contributed by atoms with Crippen molar-refractivity contribution in [3.05, 3.63) is 54.6 Å². The SMILES string of the molecule is COc1ccc(N(C(=O)Nc2ccccc2)C2=NCC(C)(C)S2)cc1. The summed E-state index contributed by atoms with van der Waals surface area (Å²) in [6.07, 6.45) is 0. The second kappa shape index (κ2) is 7.19. The zero-order valence-electron chi connectivity index (χ0n) is 14.5. The van der Waals surface area contributed by atoms with Gasteiger partial charge in [-0.25, -0.2) is 9.69 Å². The number of thioether (sulfide) groups is 1. The van der Waals surface area contributed by atoms with Gasteiger partial charge in [-0.1, -0.05) is 30.0 Å². The molecule has 0 radical (unpaired) electrons. The molecule has 2 aromatic carbocycles. The Bertz CT molecular complexity index is 773. The van der Waals surface area contributed by atoms with Gasteiger partial charge in [0.05, 0.1) is 19.3 Å². The van der Waals surface area contributed by atoms with E-state index < -0.39 is 0 Å². The Hall–Kier alpha value is -2.47. The van der Waals surface area contributed by atoms with Crippen LogP contribution in [0.1, 0.15) is 13.8 Å². The Labute approximate surface area is 152 Å². The van der Waals surface area contributed by atoms with Crippen LogP contribution in [0.5, 0.6) is 5.75 Å². The number of nitrogens with one attached hydrogen (secondary N) is 1. The Kier molecular flexibility index (Phi) is 4.99. The highest BCUT2D eigenvalue weighted by molar-refractivity contribution is 8.15. The lowest BCUT2D eigenvalue weighted by atomic mass is 10.2. The first-order valence-corrected chi connectivity index (χ1v) is 8.84. The summed E-state index contributed by atoms with van der Waals surface area (Å²) in [6, 6.07) is 16.6. The lowest BCUT2D eigenvalue weighted by Gasteiger charge is -2.24. The summed E-state index contributed by atoms with van der Waals surface area (Å²) < 4.78 is 5.19. The van der Waals surface area contributed by atoms with Crippen LogP contribution < -0.4 is 15.0 Å². The number of urea groups is 1. The molecule has 2 aromatic rings. The van der Waals surface area contributed by atoms with Crippen LogP contribution in [0.4, 0.5) is 16.2 Å². The number of anilines is 2. The number of methoxy groups -OCH3 is 1. The van der Waals surface area contributed by atoms with Crippen molar-refractivity contribution in [2.24, 2.45) is 4.99 Å². The van der Waals surface area contributed by atoms with Crippen LogP contribution in [-0.2, 0) is 0 Å². The summed E-state index contributed by atoms with van der Waals surface area (Å²) in [5.41, 5.74) is 1.49. The van der Waals surface area contributed by atoms with Gasteiger partial charge >= 0.3 is 6.03 Å². The third kappa shape index (κ3) is 4.14. The normalized spacial score (nSPS) is 15.4. The molecular weight excluding hydrogens is 334 g/mol. The summed E-state index contributed by atoms with van der Waals surface area (Å²) in [5, 5.41) is 3.63. The number of carbonyl (C=O) groups is 1. The van der Waals surface area contributed by atoms with Crippen LogP contribution in [0.25, 0.3) is 0 Å². The average Bonchev–Trinajstić information content (AvgIpc) is 2.96. The van der Waals surface area contributed by atoms with Crippen LogP contribution in [0.3, 0.4) is 0 Å². The number of amides is 2. The van der Waals surface area contributed by atoms with E-state index in [4.69, 9.17) is 4.74 Å². The highest BCUT2D eigenvalue weighted by Gasteiger charge is 2.33. The molecule has 3 rings (SSSR count). The van der Waals surface area contributed by atoms with E-state index in [1.165, 1.54) is 0 Å². The maximum Gasteiger partial charge on any atom is 0.332 e. The van der Waals surface area contributed by atoms with Crippen LogP contribution in [-0.4, -0.2) is 29.6 Å². The predicted molar refractivity (Wildman–Crippen MR) is 105 cm³/mol. The van der Waals surface area contributed by atoms with Gasteiger partial charge in [-0.15, -0.1) is 0 Å². The molecule has 0 saturated heterocycles. The van der Waals surface area contributed by atoms with E-state index in [2.05, 4.69) is 24.2 Å². The number of ether oxygens (including phenoxy) is 1. The predicted octanol–water partition coefficient (Wildman–Crippen LogP) is 4.62. The highest BCUT2D eigenvalue weighted by atomic mass is 32.2. The largest absolute Gasteiger partial charge is 0.497 e. The summed E-state index contributed by atoms with van der Waals surface area (Å²) >= 11 is 1.60. The van der Waals surface area contributed by atoms with E-state index >= 15 is 0 Å². The summed E-state index contributed by atoms with van der Waals surface area (Å²) in [6.45, 7) is 4.92. The van der Waals surface area contributed by atoms with E-state index in [0.29, 0.717) is 11.7 Å². The lowest BCUT2D eigenvalue weighted by Crippen LogP contribution is -2.38. The first kappa shape index (κ1) is 17.4. The van der Waals surface area contributed by atoms with Gasteiger partial charge in [-0.2, -0.15) is 0 Å². The topological polar surface area (TPSA) is 53.9 Å². The number of hydrogen-bond donors (Lipinski definition) is 1. The summed E-state index contributed by atoms with van der Waals surface area (Å²) in [4.78, 5) is 19.2. The number of hydrogen-bond acceptors (Lipinski definition) is 4. The molecule has 1 heterocycles. The van der Waals surface area contributed by atoms with Crippen molar-refractivity contribution in [2.45, 2.75) is 18.6 Å². The number of nitrogens with zero attached hydrogens (tertiary/aromatic N) is 2. The molecule has 0 spiro atoms. The summed E-state index contributed by atoms with van der Waals surface area (Å²) in [7, 11) is 1.62. The molecule has 2 amide bonds. The number of carbonyl (C=O) groups excluding carboxylic acids is 1. The fourth-order valence-electron chi connectivity index (χ4n) is 2.43. The number of aliphatic imine (C=N–C) groups is 1. The van der Waals surface area contributed by atoms with Gasteiger partial charge in [0.2, 0.25) is 0 Å². The fourth-order valence-corrected chi connectivity index (χ4v) is 3.46. The molecular formula is C19H21N3O2S. The number of benzene rings is 2. The molecule has 0 unspecified atom stereocenters. The first-order chi connectivity index (χ1) is 12.0. The van der Waals surface area contributed by atoms with Crippen LogP contribution >= 0.6 is 11.8 Å². The second-order valence-electron chi connectivity index (χ2n) is 6.29. The third-order valence-corrected chi connectivity index (χ3v) is 4.89. The molecule has 0 saturated carbocycles. The van der Waals surface area contributed by atoms with Crippen molar-refractivity contribution in [1.82, 2.24) is 0 Å². The molecule has 0 aliphatic carbocycles. The molecule has 0 fully saturated rings. The standard InChI is InChI=1S/C19H21N3O2S/c1-19(2)13-20-18(25-19)22(15-9-11-16(24-3)12-10-15)17(23)21-14-7-5-4-6-8-14/h4-12H,13H2,1-3H3,(H,21,23). The molecule has 0 atom stereocenters. The lowest BCUT2D eigenvalue weighted by molar-refractivity contribution is 0.259. The van der Waals surface area contributed by atoms with Crippen molar-refractivity contribution >= 4 is 34.3 Å². The molecule has 1 aliphatic rings. The van der Waals surface area contributed by atoms with E-state index in [-0.39, 0.29) is 10.8 Å². The van der Waals surface area contributed by atoms with Crippen molar-refractivity contribution in [3.63, 3.8) is 0 Å². The molecule has 0 aromatic heterocycles. The van der Waals surface area contributed by atoms with E-state index in [1.54, 1.807) is 23.8 Å². The van der Waals surface area contributed by atoms with Crippen molar-refractivity contribution < 1.29 is 9.53 Å². The maximum atomic E-state index is 13.0. The van der Waals surface area contributed by atoms with E-state index in [9.17, 15) is 4.79 Å². The molecule has 1 N–H and O–H groups in total. The minimum absolute atomic E-state index is 0.0208. The highest BCUT2D eigenvalue weighted by Crippen LogP contribution is 2.35.